The van der Waals surface area contributed by atoms with Crippen LogP contribution in [0, 0.1) is 5.92 Å². The molecule has 1 aliphatic carbocycles. The number of fused-ring (bicyclic) bond motifs is 4. The van der Waals surface area contributed by atoms with Gasteiger partial charge in [0.25, 0.3) is 5.91 Å². The molecule has 1 amide bonds. The summed E-state index contributed by atoms with van der Waals surface area (Å²) < 4.78 is 42.4. The van der Waals surface area contributed by atoms with Crippen LogP contribution in [0.2, 0.25) is 0 Å². The van der Waals surface area contributed by atoms with Gasteiger partial charge in [0.05, 0.1) is 25.7 Å². The van der Waals surface area contributed by atoms with Crippen LogP contribution in [0.5, 0.6) is 0 Å². The van der Waals surface area contributed by atoms with E-state index in [1.54, 1.807) is 0 Å². The van der Waals surface area contributed by atoms with Gasteiger partial charge in [-0.2, -0.15) is 0 Å². The number of aliphatic hydroxyl groups excluding tert-OH is 1. The van der Waals surface area contributed by atoms with Crippen molar-refractivity contribution >= 4 is 55.8 Å². The molecule has 4 aliphatic heterocycles. The van der Waals surface area contributed by atoms with Crippen LogP contribution in [0.3, 0.4) is 0 Å². The van der Waals surface area contributed by atoms with E-state index in [0.717, 1.165) is 0 Å². The zero-order valence-electron chi connectivity index (χ0n) is 21.1. The SMILES string of the molecule is NC1NC(=O)C2N=CN([C@@H]3O[C@@H]4COP(O)(=S)O[C@H]5C[C@H](Nc6ncncn6)C[C@@H]5COP(=O)(S)O[C@@H]3[C@@H]4O)C2N1. The average Bonchev–Trinajstić information content (AvgIpc) is 3.57. The summed E-state index contributed by atoms with van der Waals surface area (Å²) in [6.07, 6.45) is -2.30. The van der Waals surface area contributed by atoms with Gasteiger partial charge in [-0.05, 0) is 24.6 Å². The molecule has 41 heavy (non-hydrogen) atoms. The van der Waals surface area contributed by atoms with Crippen LogP contribution < -0.4 is 21.7 Å². The van der Waals surface area contributed by atoms with Crippen molar-refractivity contribution in [3.05, 3.63) is 12.7 Å². The van der Waals surface area contributed by atoms with Gasteiger partial charge in [0.1, 0.15) is 43.4 Å². The van der Waals surface area contributed by atoms with Crippen LogP contribution in [0.25, 0.3) is 0 Å². The molecule has 226 valence electrons. The topological polar surface area (TPSA) is 237 Å². The van der Waals surface area contributed by atoms with E-state index in [2.05, 4.69) is 48.1 Å². The number of nitrogens with one attached hydrogen (secondary N) is 3. The largest absolute Gasteiger partial charge is 0.387 e. The molecule has 0 aromatic carbocycles. The normalized spacial score (nSPS) is 46.5. The van der Waals surface area contributed by atoms with Gasteiger partial charge in [-0.1, -0.05) is 12.2 Å². The van der Waals surface area contributed by atoms with E-state index in [1.807, 2.05) is 0 Å². The van der Waals surface area contributed by atoms with Crippen molar-refractivity contribution in [2.45, 2.75) is 68.0 Å². The van der Waals surface area contributed by atoms with Gasteiger partial charge < -0.3 is 43.8 Å². The van der Waals surface area contributed by atoms with Crippen molar-refractivity contribution in [1.82, 2.24) is 30.5 Å². The van der Waals surface area contributed by atoms with Crippen molar-refractivity contribution in [2.75, 3.05) is 18.5 Å². The van der Waals surface area contributed by atoms with Gasteiger partial charge in [-0.3, -0.25) is 25.4 Å². The zero-order valence-corrected chi connectivity index (χ0v) is 24.6. The maximum Gasteiger partial charge on any atom is 0.386 e. The number of rotatable bonds is 3. The quantitative estimate of drug-likeness (QED) is 0.141. The Hall–Kier alpha value is -1.38. The number of carbonyl (C=O) groups is 1. The third-order valence-corrected chi connectivity index (χ3v) is 10.5. The number of hydrogen-bond acceptors (Lipinski definition) is 17. The second kappa shape index (κ2) is 11.6. The van der Waals surface area contributed by atoms with Crippen LogP contribution in [-0.4, -0.2) is 110 Å². The van der Waals surface area contributed by atoms with Gasteiger partial charge in [-0.25, -0.2) is 19.5 Å². The van der Waals surface area contributed by atoms with Crippen molar-refractivity contribution < 1.29 is 42.2 Å². The van der Waals surface area contributed by atoms with Crippen LogP contribution in [-0.2, 0) is 44.0 Å². The first-order valence-electron chi connectivity index (χ1n) is 12.6. The van der Waals surface area contributed by atoms with E-state index in [9.17, 15) is 19.4 Å². The summed E-state index contributed by atoms with van der Waals surface area (Å²) in [5.41, 5.74) is 5.88. The molecule has 5 unspecified atom stereocenters. The highest BCUT2D eigenvalue weighted by Gasteiger charge is 2.55. The number of ether oxygens (including phenoxy) is 1. The van der Waals surface area contributed by atoms with Crippen LogP contribution in [0.1, 0.15) is 12.8 Å². The van der Waals surface area contributed by atoms with Crippen LogP contribution >= 0.6 is 25.8 Å². The van der Waals surface area contributed by atoms with E-state index in [0.29, 0.717) is 18.8 Å². The highest BCUT2D eigenvalue weighted by molar-refractivity contribution is 8.44. The number of amides is 1. The molecule has 2 bridgehead atoms. The van der Waals surface area contributed by atoms with Crippen LogP contribution in [0.15, 0.2) is 17.6 Å². The molecule has 5 aliphatic rings. The highest BCUT2D eigenvalue weighted by atomic mass is 32.7. The molecule has 3 saturated heterocycles. The number of anilines is 1. The number of aliphatic imine (C=N–C) groups is 1. The Bertz CT molecular complexity index is 1270. The van der Waals surface area contributed by atoms with Gasteiger partial charge in [0.15, 0.2) is 12.3 Å². The van der Waals surface area contributed by atoms with Gasteiger partial charge in [-0.15, -0.1) is 0 Å². The molecule has 5 heterocycles. The predicted octanol–water partition coefficient (Wildman–Crippen LogP) is -1.78. The third-order valence-electron chi connectivity index (χ3n) is 7.34. The fourth-order valence-corrected chi connectivity index (χ4v) is 8.51. The molecule has 12 atom stereocenters. The fraction of sp³-hybridized carbons (Fsp3) is 0.737. The minimum atomic E-state index is -4.11. The van der Waals surface area contributed by atoms with E-state index in [4.69, 9.17) is 40.4 Å². The average molecular weight is 654 g/mol. The smallest absolute Gasteiger partial charge is 0.386 e. The summed E-state index contributed by atoms with van der Waals surface area (Å²) in [5.74, 6) is -0.451. The summed E-state index contributed by atoms with van der Waals surface area (Å²) in [6.45, 7) is -8.47. The Morgan fingerprint density at radius 2 is 1.98 bits per heavy atom. The summed E-state index contributed by atoms with van der Waals surface area (Å²) in [7, 11) is 0. The lowest BCUT2D eigenvalue weighted by Gasteiger charge is -2.39. The lowest BCUT2D eigenvalue weighted by atomic mass is 10.1. The molecule has 7 N–H and O–H groups in total. The van der Waals surface area contributed by atoms with E-state index >= 15 is 0 Å². The lowest BCUT2D eigenvalue weighted by molar-refractivity contribution is -0.130. The van der Waals surface area contributed by atoms with Gasteiger partial charge >= 0.3 is 13.5 Å². The number of aromatic nitrogens is 3. The first-order valence-corrected chi connectivity index (χ1v) is 17.9. The van der Waals surface area contributed by atoms with Crippen molar-refractivity contribution in [1.29, 1.82) is 0 Å². The van der Waals surface area contributed by atoms with Crippen molar-refractivity contribution in [3.8, 4) is 0 Å². The van der Waals surface area contributed by atoms with Crippen molar-refractivity contribution in [2.24, 2.45) is 16.6 Å². The summed E-state index contributed by atoms with van der Waals surface area (Å²) >= 11 is 9.44. The molecule has 0 radical (unpaired) electrons. The zero-order chi connectivity index (χ0) is 28.9. The highest BCUT2D eigenvalue weighted by Crippen LogP contribution is 2.58. The molecule has 4 fully saturated rings. The second-order valence-corrected chi connectivity index (χ2v) is 15.8. The molecular weight excluding hydrogens is 624 g/mol. The number of thiol groups is 1. The summed E-state index contributed by atoms with van der Waals surface area (Å²) in [4.78, 5) is 40.9. The lowest BCUT2D eigenvalue weighted by Crippen LogP contribution is -2.70. The molecule has 1 aromatic heterocycles. The molecule has 1 saturated carbocycles. The molecule has 1 aromatic rings. The third kappa shape index (κ3) is 6.45. The molecular formula is C19H29N9O9P2S2. The molecule has 6 rings (SSSR count). The Morgan fingerprint density at radius 3 is 2.76 bits per heavy atom. The Balaban J connectivity index is 1.22. The predicted molar refractivity (Wildman–Crippen MR) is 147 cm³/mol. The summed E-state index contributed by atoms with van der Waals surface area (Å²) in [5, 5.41) is 19.8. The minimum absolute atomic E-state index is 0.139. The second-order valence-electron chi connectivity index (χ2n) is 10.1. The van der Waals surface area contributed by atoms with Crippen molar-refractivity contribution in [3.63, 3.8) is 0 Å². The molecule has 22 heteroatoms. The summed E-state index contributed by atoms with van der Waals surface area (Å²) in [6, 6.07) is -1.05. The Kier molecular flexibility index (Phi) is 8.40. The number of hydrogen-bond donors (Lipinski definition) is 7. The van der Waals surface area contributed by atoms with Gasteiger partial charge in [0, 0.05) is 12.0 Å². The van der Waals surface area contributed by atoms with E-state index < -0.39 is 74.5 Å². The number of nitrogens with two attached hydrogens (primary N) is 1. The first-order chi connectivity index (χ1) is 19.5. The minimum Gasteiger partial charge on any atom is -0.387 e. The monoisotopic (exact) mass is 653 g/mol. The Morgan fingerprint density at radius 1 is 1.20 bits per heavy atom. The number of carbonyl (C=O) groups excluding carboxylic acids is 1. The van der Waals surface area contributed by atoms with Crippen LogP contribution in [0.4, 0.5) is 5.95 Å². The number of nitrogens with zero attached hydrogens (tertiary/aromatic N) is 5. The fourth-order valence-electron chi connectivity index (χ4n) is 5.50. The molecule has 0 spiro atoms. The van der Waals surface area contributed by atoms with E-state index in [1.165, 1.54) is 23.9 Å². The Labute approximate surface area is 244 Å². The van der Waals surface area contributed by atoms with Gasteiger partial charge in [0.2, 0.25) is 5.95 Å². The maximum atomic E-state index is 13.4. The number of aliphatic hydroxyl groups is 1. The van der Waals surface area contributed by atoms with E-state index in [-0.39, 0.29) is 19.3 Å². The standard InChI is InChI=1S/C19H29N9O9P2S2/c20-18-26-15-12(16(30)27-18)24-7-28(15)17-14-13(29)11(35-17)4-34-38(31,40)36-10-2-9(25-19-22-5-21-6-23-19)1-8(10)3-33-39(32,41)37-14/h5-15,17-18,26,29H,1-4,20H2,(H,27,30)(H,31,40)(H,32,41)(H,21,22,23,25)/t8-,9-,10+,11-,12?,13-,14-,15?,17-,18?,38?,39?/m1/s1. The first kappa shape index (κ1) is 29.7. The maximum absolute atomic E-state index is 13.4. The molecule has 18 nitrogen and oxygen atoms in total.